The molecule has 0 radical (unpaired) electrons. The number of fused-ring (bicyclic) bond motifs is 1. The van der Waals surface area contributed by atoms with Crippen LogP contribution in [0.15, 0.2) is 54.6 Å². The number of hydrogen-bond acceptors (Lipinski definition) is 4. The number of ether oxygens (including phenoxy) is 2. The van der Waals surface area contributed by atoms with Crippen LogP contribution in [0.25, 0.3) is 0 Å². The van der Waals surface area contributed by atoms with Gasteiger partial charge in [0.05, 0.1) is 19.3 Å². The Morgan fingerprint density at radius 3 is 2.61 bits per heavy atom. The van der Waals surface area contributed by atoms with Crippen molar-refractivity contribution in [2.75, 3.05) is 32.8 Å². The average molecular weight is 378 g/mol. The van der Waals surface area contributed by atoms with Crippen LogP contribution in [0.3, 0.4) is 0 Å². The van der Waals surface area contributed by atoms with Gasteiger partial charge in [-0.3, -0.25) is 9.69 Å². The lowest BCUT2D eigenvalue weighted by atomic mass is 10.0. The summed E-state index contributed by atoms with van der Waals surface area (Å²) in [6, 6.07) is 18.0. The molecule has 2 aliphatic heterocycles. The lowest BCUT2D eigenvalue weighted by molar-refractivity contribution is -0.0816. The van der Waals surface area contributed by atoms with Crippen LogP contribution in [-0.4, -0.2) is 60.6 Å². The predicted octanol–water partition coefficient (Wildman–Crippen LogP) is 3.41. The fourth-order valence-electron chi connectivity index (χ4n) is 4.45. The molecule has 2 saturated heterocycles. The number of piperazine rings is 1. The summed E-state index contributed by atoms with van der Waals surface area (Å²) in [6.45, 7) is 4.05. The van der Waals surface area contributed by atoms with Crippen LogP contribution in [0, 0.1) is 5.92 Å². The Hall–Kier alpha value is -2.37. The summed E-state index contributed by atoms with van der Waals surface area (Å²) in [7, 11) is 0. The first-order valence-electron chi connectivity index (χ1n) is 10.2. The summed E-state index contributed by atoms with van der Waals surface area (Å²) in [5.74, 6) is 2.33. The zero-order valence-electron chi connectivity index (χ0n) is 16.0. The summed E-state index contributed by atoms with van der Waals surface area (Å²) < 4.78 is 11.8. The summed E-state index contributed by atoms with van der Waals surface area (Å²) in [5, 5.41) is 0. The van der Waals surface area contributed by atoms with E-state index in [4.69, 9.17) is 9.47 Å². The van der Waals surface area contributed by atoms with Gasteiger partial charge in [0.25, 0.3) is 5.91 Å². The number of carbonyl (C=O) groups excluding carboxylic acids is 1. The largest absolute Gasteiger partial charge is 0.457 e. The van der Waals surface area contributed by atoms with Gasteiger partial charge in [0.1, 0.15) is 11.5 Å². The number of rotatable bonds is 4. The number of carbonyl (C=O) groups is 1. The Bertz CT molecular complexity index is 837. The third-order valence-corrected chi connectivity index (χ3v) is 6.07. The molecule has 28 heavy (non-hydrogen) atoms. The lowest BCUT2D eigenvalue weighted by Crippen LogP contribution is -2.63. The van der Waals surface area contributed by atoms with Crippen molar-refractivity contribution in [1.82, 2.24) is 9.80 Å². The molecule has 1 saturated carbocycles. The summed E-state index contributed by atoms with van der Waals surface area (Å²) >= 11 is 0. The third kappa shape index (κ3) is 3.64. The van der Waals surface area contributed by atoms with Gasteiger partial charge >= 0.3 is 0 Å². The number of nitrogens with zero attached hydrogens (tertiary/aromatic N) is 2. The van der Waals surface area contributed by atoms with Crippen molar-refractivity contribution in [1.29, 1.82) is 0 Å². The standard InChI is InChI=1S/C23H26N2O3/c26-23(18-5-4-8-21(13-18)28-20-6-2-1-3-7-20)24-11-12-25-19(14-24)15-27-16-22(25)17-9-10-17/h1-8,13,17,19,22H,9-12,14-16H2/t19-,22-/m1/s1. The van der Waals surface area contributed by atoms with Gasteiger partial charge < -0.3 is 14.4 Å². The SMILES string of the molecule is O=C(c1cccc(Oc2ccccc2)c1)N1CCN2[C@@H](COC[C@@H]2C2CC2)C1. The molecule has 0 N–H and O–H groups in total. The quantitative estimate of drug-likeness (QED) is 0.818. The van der Waals surface area contributed by atoms with Gasteiger partial charge in [0.15, 0.2) is 0 Å². The van der Waals surface area contributed by atoms with Gasteiger partial charge in [-0.1, -0.05) is 24.3 Å². The molecule has 0 aromatic heterocycles. The zero-order chi connectivity index (χ0) is 18.9. The number of para-hydroxylation sites is 1. The minimum atomic E-state index is 0.0757. The highest BCUT2D eigenvalue weighted by atomic mass is 16.5. The Morgan fingerprint density at radius 1 is 0.964 bits per heavy atom. The van der Waals surface area contributed by atoms with Gasteiger partial charge in [-0.15, -0.1) is 0 Å². The van der Waals surface area contributed by atoms with Crippen molar-refractivity contribution in [2.24, 2.45) is 5.92 Å². The van der Waals surface area contributed by atoms with Gasteiger partial charge in [0.2, 0.25) is 0 Å². The first kappa shape index (κ1) is 17.7. The Kier molecular flexibility index (Phi) is 4.79. The molecule has 0 unspecified atom stereocenters. The van der Waals surface area contributed by atoms with Gasteiger partial charge in [0, 0.05) is 31.2 Å². The van der Waals surface area contributed by atoms with E-state index in [1.54, 1.807) is 0 Å². The van der Waals surface area contributed by atoms with Crippen LogP contribution in [0.1, 0.15) is 23.2 Å². The molecule has 1 amide bonds. The smallest absolute Gasteiger partial charge is 0.254 e. The number of benzene rings is 2. The summed E-state index contributed by atoms with van der Waals surface area (Å²) in [6.07, 6.45) is 2.65. The van der Waals surface area contributed by atoms with Crippen molar-refractivity contribution < 1.29 is 14.3 Å². The van der Waals surface area contributed by atoms with E-state index in [9.17, 15) is 4.79 Å². The van der Waals surface area contributed by atoms with Gasteiger partial charge in [-0.05, 0) is 49.1 Å². The normalized spacial score (nSPS) is 25.2. The number of hydrogen-bond donors (Lipinski definition) is 0. The third-order valence-electron chi connectivity index (χ3n) is 6.07. The maximum atomic E-state index is 13.1. The second-order valence-electron chi connectivity index (χ2n) is 8.03. The molecule has 3 aliphatic rings. The van der Waals surface area contributed by atoms with Crippen molar-refractivity contribution in [3.05, 3.63) is 60.2 Å². The molecule has 2 aromatic carbocycles. The molecule has 1 aliphatic carbocycles. The van der Waals surface area contributed by atoms with Crippen LogP contribution in [0.4, 0.5) is 0 Å². The predicted molar refractivity (Wildman–Crippen MR) is 107 cm³/mol. The van der Waals surface area contributed by atoms with Gasteiger partial charge in [-0.25, -0.2) is 0 Å². The molecule has 5 nitrogen and oxygen atoms in total. The van der Waals surface area contributed by atoms with E-state index < -0.39 is 0 Å². The van der Waals surface area contributed by atoms with Crippen LogP contribution >= 0.6 is 0 Å². The second-order valence-corrected chi connectivity index (χ2v) is 8.03. The van der Waals surface area contributed by atoms with Crippen LogP contribution in [0.5, 0.6) is 11.5 Å². The summed E-state index contributed by atoms with van der Waals surface area (Å²) in [5.41, 5.74) is 0.678. The van der Waals surface area contributed by atoms with E-state index >= 15 is 0 Å². The van der Waals surface area contributed by atoms with Crippen molar-refractivity contribution >= 4 is 5.91 Å². The van der Waals surface area contributed by atoms with E-state index in [1.165, 1.54) is 12.8 Å². The highest BCUT2D eigenvalue weighted by Crippen LogP contribution is 2.38. The van der Waals surface area contributed by atoms with E-state index in [0.717, 1.165) is 44.5 Å². The topological polar surface area (TPSA) is 42.0 Å². The zero-order valence-corrected chi connectivity index (χ0v) is 16.0. The highest BCUT2D eigenvalue weighted by molar-refractivity contribution is 5.94. The summed E-state index contributed by atoms with van der Waals surface area (Å²) in [4.78, 5) is 17.7. The first-order valence-corrected chi connectivity index (χ1v) is 10.2. The van der Waals surface area contributed by atoms with E-state index in [0.29, 0.717) is 23.4 Å². The van der Waals surface area contributed by atoms with Gasteiger partial charge in [-0.2, -0.15) is 0 Å². The molecule has 0 spiro atoms. The lowest BCUT2D eigenvalue weighted by Gasteiger charge is -2.48. The fraction of sp³-hybridized carbons (Fsp3) is 0.435. The molecule has 3 fully saturated rings. The maximum absolute atomic E-state index is 13.1. The van der Waals surface area contributed by atoms with E-state index in [1.807, 2.05) is 59.5 Å². The molecule has 2 heterocycles. The highest BCUT2D eigenvalue weighted by Gasteiger charge is 2.43. The molecule has 5 heteroatoms. The molecule has 146 valence electrons. The number of amides is 1. The maximum Gasteiger partial charge on any atom is 0.254 e. The minimum absolute atomic E-state index is 0.0757. The number of morpholine rings is 1. The van der Waals surface area contributed by atoms with E-state index in [2.05, 4.69) is 4.90 Å². The Morgan fingerprint density at radius 2 is 1.79 bits per heavy atom. The molecule has 5 rings (SSSR count). The average Bonchev–Trinajstić information content (AvgIpc) is 3.59. The van der Waals surface area contributed by atoms with E-state index in [-0.39, 0.29) is 5.91 Å². The molecule has 2 atom stereocenters. The van der Waals surface area contributed by atoms with Crippen molar-refractivity contribution in [3.8, 4) is 11.5 Å². The molecule has 2 aromatic rings. The van der Waals surface area contributed by atoms with Crippen molar-refractivity contribution in [2.45, 2.75) is 24.9 Å². The first-order chi connectivity index (χ1) is 13.8. The Labute approximate surface area is 165 Å². The second kappa shape index (κ2) is 7.57. The minimum Gasteiger partial charge on any atom is -0.457 e. The van der Waals surface area contributed by atoms with Crippen LogP contribution in [0.2, 0.25) is 0 Å². The monoisotopic (exact) mass is 378 g/mol. The molecular formula is C23H26N2O3. The van der Waals surface area contributed by atoms with Crippen LogP contribution < -0.4 is 4.74 Å². The fourth-order valence-corrected chi connectivity index (χ4v) is 4.45. The van der Waals surface area contributed by atoms with Crippen LogP contribution in [-0.2, 0) is 4.74 Å². The Balaban J connectivity index is 1.27. The molecular weight excluding hydrogens is 352 g/mol. The van der Waals surface area contributed by atoms with Crippen molar-refractivity contribution in [3.63, 3.8) is 0 Å². The molecule has 0 bridgehead atoms.